The largest absolute Gasteiger partial charge is 0.355 e. The highest BCUT2D eigenvalue weighted by molar-refractivity contribution is 7.92. The van der Waals surface area contributed by atoms with Gasteiger partial charge in [-0.05, 0) is 27.2 Å². The van der Waals surface area contributed by atoms with Gasteiger partial charge in [0.05, 0.1) is 17.0 Å². The molecule has 0 heterocycles. The second kappa shape index (κ2) is 6.96. The van der Waals surface area contributed by atoms with Gasteiger partial charge >= 0.3 is 0 Å². The Morgan fingerprint density at radius 1 is 1.18 bits per heavy atom. The summed E-state index contributed by atoms with van der Waals surface area (Å²) in [6.45, 7) is 8.13. The number of amides is 1. The van der Waals surface area contributed by atoms with E-state index in [-0.39, 0.29) is 18.2 Å². The van der Waals surface area contributed by atoms with Crippen LogP contribution in [0.4, 0.5) is 0 Å². The number of sulfone groups is 1. The summed E-state index contributed by atoms with van der Waals surface area (Å²) in [6.07, 6.45) is 0.893. The van der Waals surface area contributed by atoms with Crippen molar-refractivity contribution in [1.29, 1.82) is 0 Å². The third-order valence-electron chi connectivity index (χ3n) is 2.34. The highest BCUT2D eigenvalue weighted by Gasteiger charge is 2.27. The Morgan fingerprint density at radius 2 is 1.76 bits per heavy atom. The summed E-state index contributed by atoms with van der Waals surface area (Å²) in [5.41, 5.74) is 0. The number of carbonyl (C=O) groups excluding carboxylic acids is 1. The third-order valence-corrected chi connectivity index (χ3v) is 4.95. The van der Waals surface area contributed by atoms with Crippen LogP contribution in [0.5, 0.6) is 0 Å². The molecular formula is C11H24N2O3S. The maximum absolute atomic E-state index is 11.7. The molecule has 0 aromatic rings. The van der Waals surface area contributed by atoms with Crippen LogP contribution in [0.2, 0.25) is 0 Å². The molecule has 0 aliphatic carbocycles. The van der Waals surface area contributed by atoms with E-state index in [4.69, 9.17) is 0 Å². The van der Waals surface area contributed by atoms with Crippen molar-refractivity contribution in [2.45, 2.75) is 38.9 Å². The summed E-state index contributed by atoms with van der Waals surface area (Å²) in [4.78, 5) is 11.2. The molecule has 0 aromatic heterocycles. The van der Waals surface area contributed by atoms with Gasteiger partial charge in [0.25, 0.3) is 0 Å². The Bertz CT molecular complexity index is 331. The molecule has 0 unspecified atom stereocenters. The molecule has 17 heavy (non-hydrogen) atoms. The zero-order valence-electron chi connectivity index (χ0n) is 11.2. The van der Waals surface area contributed by atoms with Gasteiger partial charge in [0.15, 0.2) is 9.84 Å². The molecule has 0 fully saturated rings. The molecule has 6 heteroatoms. The Kier molecular flexibility index (Phi) is 6.70. The van der Waals surface area contributed by atoms with E-state index in [0.717, 1.165) is 6.42 Å². The number of nitrogens with one attached hydrogen (secondary N) is 2. The first kappa shape index (κ1) is 16.4. The standard InChI is InChI=1S/C11H24N2O3S/c1-5-6-13-10(14)9-12-7-8-17(15,16)11(2,3)4/h12H,5-9H2,1-4H3,(H,13,14). The van der Waals surface area contributed by atoms with Crippen molar-refractivity contribution in [2.75, 3.05) is 25.4 Å². The predicted octanol–water partition coefficient (Wildman–Crippen LogP) is 0.316. The van der Waals surface area contributed by atoms with Crippen LogP contribution < -0.4 is 10.6 Å². The van der Waals surface area contributed by atoms with Gasteiger partial charge in [-0.3, -0.25) is 4.79 Å². The molecule has 0 saturated carbocycles. The molecule has 5 nitrogen and oxygen atoms in total. The van der Waals surface area contributed by atoms with Gasteiger partial charge in [0, 0.05) is 13.1 Å². The molecule has 0 spiro atoms. The van der Waals surface area contributed by atoms with Crippen LogP contribution in [0.3, 0.4) is 0 Å². The first-order valence-corrected chi connectivity index (χ1v) is 7.55. The lowest BCUT2D eigenvalue weighted by atomic mass is 10.3. The highest BCUT2D eigenvalue weighted by Crippen LogP contribution is 2.14. The van der Waals surface area contributed by atoms with Crippen molar-refractivity contribution >= 4 is 15.7 Å². The van der Waals surface area contributed by atoms with Gasteiger partial charge < -0.3 is 10.6 Å². The van der Waals surface area contributed by atoms with Gasteiger partial charge in [0.1, 0.15) is 0 Å². The SMILES string of the molecule is CCCNC(=O)CNCCS(=O)(=O)C(C)(C)C. The zero-order valence-corrected chi connectivity index (χ0v) is 12.0. The lowest BCUT2D eigenvalue weighted by molar-refractivity contribution is -0.120. The number of carbonyl (C=O) groups is 1. The van der Waals surface area contributed by atoms with Gasteiger partial charge in [-0.15, -0.1) is 0 Å². The molecule has 0 atom stereocenters. The normalized spacial score (nSPS) is 12.5. The summed E-state index contributed by atoms with van der Waals surface area (Å²) < 4.78 is 22.7. The Balaban J connectivity index is 3.83. The molecule has 0 aliphatic heterocycles. The van der Waals surface area contributed by atoms with Crippen molar-refractivity contribution < 1.29 is 13.2 Å². The van der Waals surface area contributed by atoms with Gasteiger partial charge in [-0.1, -0.05) is 6.92 Å². The number of rotatable bonds is 7. The molecule has 102 valence electrons. The smallest absolute Gasteiger partial charge is 0.233 e. The quantitative estimate of drug-likeness (QED) is 0.649. The van der Waals surface area contributed by atoms with E-state index in [1.165, 1.54) is 0 Å². The highest BCUT2D eigenvalue weighted by atomic mass is 32.2. The van der Waals surface area contributed by atoms with Gasteiger partial charge in [-0.25, -0.2) is 8.42 Å². The van der Waals surface area contributed by atoms with Crippen molar-refractivity contribution in [1.82, 2.24) is 10.6 Å². The second-order valence-corrected chi connectivity index (χ2v) is 7.82. The molecule has 2 N–H and O–H groups in total. The van der Waals surface area contributed by atoms with Crippen molar-refractivity contribution in [3.63, 3.8) is 0 Å². The fourth-order valence-corrected chi connectivity index (χ4v) is 2.07. The molecule has 0 radical (unpaired) electrons. The lowest BCUT2D eigenvalue weighted by Crippen LogP contribution is -2.38. The van der Waals surface area contributed by atoms with Crippen LogP contribution in [0, 0.1) is 0 Å². The summed E-state index contributed by atoms with van der Waals surface area (Å²) in [6, 6.07) is 0. The first-order valence-electron chi connectivity index (χ1n) is 5.90. The minimum absolute atomic E-state index is 0.0531. The van der Waals surface area contributed by atoms with Crippen LogP contribution in [0.25, 0.3) is 0 Å². The van der Waals surface area contributed by atoms with E-state index in [1.807, 2.05) is 6.92 Å². The van der Waals surface area contributed by atoms with E-state index in [1.54, 1.807) is 20.8 Å². The Hall–Kier alpha value is -0.620. The average molecular weight is 264 g/mol. The Morgan fingerprint density at radius 3 is 2.24 bits per heavy atom. The molecular weight excluding hydrogens is 240 g/mol. The summed E-state index contributed by atoms with van der Waals surface area (Å²) in [7, 11) is -3.11. The molecule has 0 aromatic carbocycles. The maximum atomic E-state index is 11.7. The van der Waals surface area contributed by atoms with Crippen LogP contribution in [0.15, 0.2) is 0 Å². The molecule has 0 bridgehead atoms. The third kappa shape index (κ3) is 6.63. The van der Waals surface area contributed by atoms with Crippen molar-refractivity contribution in [3.8, 4) is 0 Å². The van der Waals surface area contributed by atoms with Crippen LogP contribution >= 0.6 is 0 Å². The van der Waals surface area contributed by atoms with Gasteiger partial charge in [0.2, 0.25) is 5.91 Å². The Labute approximate surface area is 104 Å². The van der Waals surface area contributed by atoms with E-state index in [9.17, 15) is 13.2 Å². The molecule has 0 saturated heterocycles. The fraction of sp³-hybridized carbons (Fsp3) is 0.909. The van der Waals surface area contributed by atoms with Gasteiger partial charge in [-0.2, -0.15) is 0 Å². The summed E-state index contributed by atoms with van der Waals surface area (Å²) in [5, 5.41) is 5.54. The second-order valence-electron chi connectivity index (χ2n) is 4.96. The van der Waals surface area contributed by atoms with E-state index in [0.29, 0.717) is 13.1 Å². The van der Waals surface area contributed by atoms with E-state index < -0.39 is 14.6 Å². The predicted molar refractivity (Wildman–Crippen MR) is 69.7 cm³/mol. The molecule has 1 amide bonds. The van der Waals surface area contributed by atoms with Crippen molar-refractivity contribution in [3.05, 3.63) is 0 Å². The number of hydrogen-bond acceptors (Lipinski definition) is 4. The minimum atomic E-state index is -3.11. The summed E-state index contributed by atoms with van der Waals surface area (Å²) in [5.74, 6) is -0.0441. The molecule has 0 aliphatic rings. The minimum Gasteiger partial charge on any atom is -0.355 e. The van der Waals surface area contributed by atoms with Crippen molar-refractivity contribution in [2.24, 2.45) is 0 Å². The summed E-state index contributed by atoms with van der Waals surface area (Å²) >= 11 is 0. The lowest BCUT2D eigenvalue weighted by Gasteiger charge is -2.19. The van der Waals surface area contributed by atoms with Crippen LogP contribution in [-0.4, -0.2) is 44.5 Å². The average Bonchev–Trinajstić information content (AvgIpc) is 2.20. The maximum Gasteiger partial charge on any atom is 0.233 e. The first-order chi connectivity index (χ1) is 7.70. The molecule has 0 rings (SSSR count). The fourth-order valence-electron chi connectivity index (χ4n) is 1.04. The zero-order chi connectivity index (χ0) is 13.5. The van der Waals surface area contributed by atoms with E-state index >= 15 is 0 Å². The van der Waals surface area contributed by atoms with Crippen LogP contribution in [-0.2, 0) is 14.6 Å². The topological polar surface area (TPSA) is 75.3 Å². The van der Waals surface area contributed by atoms with E-state index in [2.05, 4.69) is 10.6 Å². The van der Waals surface area contributed by atoms with Crippen LogP contribution in [0.1, 0.15) is 34.1 Å². The monoisotopic (exact) mass is 264 g/mol. The number of hydrogen-bond donors (Lipinski definition) is 2.